The monoisotopic (exact) mass is 471 g/mol. The Balaban J connectivity index is 1.60. The third kappa shape index (κ3) is 6.21. The molecule has 0 aromatic heterocycles. The molecule has 1 aliphatic carbocycles. The van der Waals surface area contributed by atoms with Crippen molar-refractivity contribution in [2.24, 2.45) is 9.98 Å². The molecular weight excluding hydrogens is 438 g/mol. The van der Waals surface area contributed by atoms with Gasteiger partial charge in [0.05, 0.1) is 35.7 Å². The third-order valence-electron chi connectivity index (χ3n) is 6.00. The Labute approximate surface area is 207 Å². The molecule has 0 amide bonds. The molecule has 1 fully saturated rings. The minimum atomic E-state index is -1.01. The van der Waals surface area contributed by atoms with Crippen molar-refractivity contribution < 1.29 is 14.6 Å². The summed E-state index contributed by atoms with van der Waals surface area (Å²) in [6.45, 7) is 10.3. The van der Waals surface area contributed by atoms with E-state index in [-0.39, 0.29) is 5.57 Å². The SMILES string of the molecule is C/N=C1/C=C(c2ccc(-c3cccc(CN4CCOCC4)c3)cc2)C=C(C(=O)O)/C1=N/C(C)(C)C. The zero-order chi connectivity index (χ0) is 25.0. The van der Waals surface area contributed by atoms with Crippen molar-refractivity contribution in [1.82, 2.24) is 4.90 Å². The Morgan fingerprint density at radius 1 is 1.00 bits per heavy atom. The lowest BCUT2D eigenvalue weighted by Crippen LogP contribution is -2.35. The number of carbonyl (C=O) groups is 1. The lowest BCUT2D eigenvalue weighted by atomic mass is 9.90. The predicted molar refractivity (Wildman–Crippen MR) is 142 cm³/mol. The highest BCUT2D eigenvalue weighted by Gasteiger charge is 2.26. The van der Waals surface area contributed by atoms with Crippen molar-refractivity contribution in [2.45, 2.75) is 32.9 Å². The second kappa shape index (κ2) is 10.5. The molecule has 0 spiro atoms. The molecule has 6 heteroatoms. The van der Waals surface area contributed by atoms with Gasteiger partial charge < -0.3 is 9.84 Å². The molecule has 182 valence electrons. The number of ether oxygens (including phenoxy) is 1. The minimum Gasteiger partial charge on any atom is -0.478 e. The number of rotatable bonds is 5. The molecule has 2 aromatic rings. The average Bonchev–Trinajstić information content (AvgIpc) is 2.84. The van der Waals surface area contributed by atoms with E-state index in [4.69, 9.17) is 4.74 Å². The number of aliphatic carboxylic acids is 1. The topological polar surface area (TPSA) is 74.5 Å². The Morgan fingerprint density at radius 3 is 2.31 bits per heavy atom. The van der Waals surface area contributed by atoms with Gasteiger partial charge in [0.15, 0.2) is 0 Å². The largest absolute Gasteiger partial charge is 0.478 e. The van der Waals surface area contributed by atoms with Gasteiger partial charge in [-0.2, -0.15) is 0 Å². The van der Waals surface area contributed by atoms with Crippen molar-refractivity contribution in [2.75, 3.05) is 33.4 Å². The standard InChI is InChI=1S/C29H33N3O3/c1-29(2,3)31-27-25(28(33)34)17-24(18-26(27)30-4)22-10-8-21(9-11-22)23-7-5-6-20(16-23)19-32-12-14-35-15-13-32/h5-11,16-18H,12-15,19H2,1-4H3,(H,33,34)/b30-26-,31-27-. The van der Waals surface area contributed by atoms with Crippen molar-refractivity contribution >= 4 is 23.0 Å². The van der Waals surface area contributed by atoms with Crippen molar-refractivity contribution in [3.63, 3.8) is 0 Å². The molecule has 6 nitrogen and oxygen atoms in total. The molecule has 2 aromatic carbocycles. The van der Waals surface area contributed by atoms with Crippen LogP contribution in [0, 0.1) is 0 Å². The second-order valence-electron chi connectivity index (χ2n) is 9.87. The van der Waals surface area contributed by atoms with E-state index in [1.165, 1.54) is 5.56 Å². The lowest BCUT2D eigenvalue weighted by Gasteiger charge is -2.26. The summed E-state index contributed by atoms with van der Waals surface area (Å²) in [6, 6.07) is 16.9. The van der Waals surface area contributed by atoms with Crippen LogP contribution in [0.25, 0.3) is 16.7 Å². The molecule has 35 heavy (non-hydrogen) atoms. The Kier molecular flexibility index (Phi) is 7.43. The van der Waals surface area contributed by atoms with Crippen LogP contribution in [0.3, 0.4) is 0 Å². The van der Waals surface area contributed by atoms with E-state index >= 15 is 0 Å². The van der Waals surface area contributed by atoms with Gasteiger partial charge in [0.1, 0.15) is 0 Å². The Hall–Kier alpha value is -3.35. The summed E-state index contributed by atoms with van der Waals surface area (Å²) in [5.74, 6) is -1.01. The van der Waals surface area contributed by atoms with Crippen LogP contribution < -0.4 is 0 Å². The summed E-state index contributed by atoms with van der Waals surface area (Å²) in [5.41, 5.74) is 6.07. The highest BCUT2D eigenvalue weighted by Crippen LogP contribution is 2.28. The van der Waals surface area contributed by atoms with Gasteiger partial charge in [0.2, 0.25) is 0 Å². The number of hydrogen-bond donors (Lipinski definition) is 1. The molecule has 1 N–H and O–H groups in total. The van der Waals surface area contributed by atoms with E-state index in [1.807, 2.05) is 39.0 Å². The summed E-state index contributed by atoms with van der Waals surface area (Å²) in [5, 5.41) is 9.88. The van der Waals surface area contributed by atoms with E-state index in [1.54, 1.807) is 13.1 Å². The number of hydrogen-bond acceptors (Lipinski definition) is 5. The fraction of sp³-hybridized carbons (Fsp3) is 0.345. The van der Waals surface area contributed by atoms with Crippen LogP contribution >= 0.6 is 0 Å². The van der Waals surface area contributed by atoms with Crippen LogP contribution in [0.2, 0.25) is 0 Å². The quantitative estimate of drug-likeness (QED) is 0.629. The summed E-state index contributed by atoms with van der Waals surface area (Å²) in [7, 11) is 1.67. The maximum atomic E-state index is 12.1. The van der Waals surface area contributed by atoms with Crippen LogP contribution in [0.5, 0.6) is 0 Å². The molecule has 0 unspecified atom stereocenters. The van der Waals surface area contributed by atoms with Crippen molar-refractivity contribution in [1.29, 1.82) is 0 Å². The molecular formula is C29H33N3O3. The number of allylic oxidation sites excluding steroid dienone is 3. The first kappa shape index (κ1) is 24.8. The zero-order valence-corrected chi connectivity index (χ0v) is 20.9. The van der Waals surface area contributed by atoms with Crippen LogP contribution in [-0.4, -0.2) is 66.3 Å². The summed E-state index contributed by atoms with van der Waals surface area (Å²) >= 11 is 0. The molecule has 0 atom stereocenters. The molecule has 1 heterocycles. The highest BCUT2D eigenvalue weighted by molar-refractivity contribution is 6.58. The first-order valence-corrected chi connectivity index (χ1v) is 12.0. The Bertz CT molecular complexity index is 1210. The normalized spacial score (nSPS) is 19.5. The van der Waals surface area contributed by atoms with Crippen LogP contribution in [0.15, 0.2) is 76.2 Å². The number of benzene rings is 2. The van der Waals surface area contributed by atoms with E-state index in [9.17, 15) is 9.90 Å². The molecule has 1 aliphatic heterocycles. The van der Waals surface area contributed by atoms with Crippen molar-refractivity contribution in [3.8, 4) is 11.1 Å². The van der Waals surface area contributed by atoms with E-state index in [0.29, 0.717) is 11.4 Å². The lowest BCUT2D eigenvalue weighted by molar-refractivity contribution is -0.132. The van der Waals surface area contributed by atoms with Gasteiger partial charge in [-0.05, 0) is 66.8 Å². The summed E-state index contributed by atoms with van der Waals surface area (Å²) < 4.78 is 5.46. The third-order valence-corrected chi connectivity index (χ3v) is 6.00. The number of morpholine rings is 1. The van der Waals surface area contributed by atoms with Crippen molar-refractivity contribution in [3.05, 3.63) is 77.4 Å². The molecule has 4 rings (SSSR count). The van der Waals surface area contributed by atoms with Gasteiger partial charge in [-0.15, -0.1) is 0 Å². The number of aliphatic imine (C=N–C) groups is 2. The van der Waals surface area contributed by atoms with Gasteiger partial charge >= 0.3 is 5.97 Å². The first-order valence-electron chi connectivity index (χ1n) is 12.0. The van der Waals surface area contributed by atoms with Gasteiger partial charge in [-0.1, -0.05) is 42.5 Å². The fourth-order valence-corrected chi connectivity index (χ4v) is 4.29. The molecule has 1 saturated heterocycles. The smallest absolute Gasteiger partial charge is 0.337 e. The van der Waals surface area contributed by atoms with Gasteiger partial charge in [-0.3, -0.25) is 14.9 Å². The molecule has 0 radical (unpaired) electrons. The van der Waals surface area contributed by atoms with E-state index in [0.717, 1.165) is 55.1 Å². The first-order chi connectivity index (χ1) is 16.7. The molecule has 0 saturated carbocycles. The second-order valence-corrected chi connectivity index (χ2v) is 9.87. The maximum absolute atomic E-state index is 12.1. The van der Waals surface area contributed by atoms with Gasteiger partial charge in [0.25, 0.3) is 0 Å². The van der Waals surface area contributed by atoms with Gasteiger partial charge in [-0.25, -0.2) is 4.79 Å². The van der Waals surface area contributed by atoms with E-state index in [2.05, 4.69) is 51.3 Å². The van der Waals surface area contributed by atoms with Crippen LogP contribution in [-0.2, 0) is 16.1 Å². The van der Waals surface area contributed by atoms with Crippen LogP contribution in [0.1, 0.15) is 31.9 Å². The maximum Gasteiger partial charge on any atom is 0.337 e. The van der Waals surface area contributed by atoms with E-state index < -0.39 is 11.5 Å². The highest BCUT2D eigenvalue weighted by atomic mass is 16.5. The van der Waals surface area contributed by atoms with Crippen LogP contribution in [0.4, 0.5) is 0 Å². The average molecular weight is 472 g/mol. The fourth-order valence-electron chi connectivity index (χ4n) is 4.29. The predicted octanol–water partition coefficient (Wildman–Crippen LogP) is 4.90. The number of carboxylic acid groups (broad SMARTS) is 1. The summed E-state index contributed by atoms with van der Waals surface area (Å²) in [6.07, 6.45) is 3.61. The zero-order valence-electron chi connectivity index (χ0n) is 20.9. The number of nitrogens with zero attached hydrogens (tertiary/aromatic N) is 3. The summed E-state index contributed by atoms with van der Waals surface area (Å²) in [4.78, 5) is 23.5. The van der Waals surface area contributed by atoms with Gasteiger partial charge in [0, 0.05) is 26.7 Å². The number of carboxylic acids is 1. The molecule has 2 aliphatic rings. The Morgan fingerprint density at radius 2 is 1.69 bits per heavy atom. The molecule has 0 bridgehead atoms. The minimum absolute atomic E-state index is 0.165.